The van der Waals surface area contributed by atoms with Crippen LogP contribution in [-0.4, -0.2) is 32.7 Å². The maximum Gasteiger partial charge on any atom is 0.408 e. The number of aliphatic carboxylic acids is 1. The van der Waals surface area contributed by atoms with E-state index < -0.39 is 17.6 Å². The number of amides is 1. The first kappa shape index (κ1) is 17.0. The van der Waals surface area contributed by atoms with Gasteiger partial charge in [-0.3, -0.25) is 4.90 Å². The molecule has 0 bridgehead atoms. The fourth-order valence-electron chi connectivity index (χ4n) is 2.17. The van der Waals surface area contributed by atoms with Gasteiger partial charge in [0.15, 0.2) is 0 Å². The Morgan fingerprint density at radius 3 is 2.05 bits per heavy atom. The molecular formula is C16H23NO4. The first-order valence-electron chi connectivity index (χ1n) is 6.99. The Labute approximate surface area is 125 Å². The van der Waals surface area contributed by atoms with Crippen LogP contribution in [0, 0.1) is 5.92 Å². The average molecular weight is 293 g/mol. The lowest BCUT2D eigenvalue weighted by molar-refractivity contribution is -0.150. The Balaban J connectivity index is 0.000000491. The van der Waals surface area contributed by atoms with E-state index in [9.17, 15) is 14.7 Å². The number of hydrogen-bond donors (Lipinski definition) is 2. The lowest BCUT2D eigenvalue weighted by Gasteiger charge is -2.40. The second kappa shape index (κ2) is 6.61. The number of rotatable bonds is 1. The highest BCUT2D eigenvalue weighted by molar-refractivity contribution is 5.84. The van der Waals surface area contributed by atoms with Gasteiger partial charge in [-0.25, -0.2) is 9.59 Å². The molecule has 0 fully saturated rings. The van der Waals surface area contributed by atoms with Crippen molar-refractivity contribution >= 4 is 12.1 Å². The number of carboxylic acids is 1. The van der Waals surface area contributed by atoms with E-state index in [0.717, 1.165) is 21.9 Å². The molecule has 1 aromatic carbocycles. The Bertz CT molecular complexity index is 524. The monoisotopic (exact) mass is 293 g/mol. The topological polar surface area (TPSA) is 77.8 Å². The fourth-order valence-corrected chi connectivity index (χ4v) is 2.17. The van der Waals surface area contributed by atoms with Crippen LogP contribution >= 0.6 is 0 Å². The standard InChI is InChI=1S/C12H13NO4.C4H10/c1-12(10(14)15)6-8-4-2-3-5-9(8)7-13(12)11(16)17;1-4(2)3/h2-5H,6-7H2,1H3,(H,14,15)(H,16,17);4H,1-3H3/t12-;/m0./s1. The van der Waals surface area contributed by atoms with Crippen molar-refractivity contribution in [1.82, 2.24) is 4.90 Å². The highest BCUT2D eigenvalue weighted by Gasteiger charge is 2.45. The highest BCUT2D eigenvalue weighted by Crippen LogP contribution is 2.31. The molecule has 1 aliphatic heterocycles. The van der Waals surface area contributed by atoms with Gasteiger partial charge in [0, 0.05) is 6.42 Å². The molecule has 2 rings (SSSR count). The zero-order valence-corrected chi connectivity index (χ0v) is 13.0. The number of nitrogens with zero attached hydrogens (tertiary/aromatic N) is 1. The van der Waals surface area contributed by atoms with Gasteiger partial charge >= 0.3 is 12.1 Å². The van der Waals surface area contributed by atoms with Crippen LogP contribution in [0.15, 0.2) is 24.3 Å². The van der Waals surface area contributed by atoms with Crippen molar-refractivity contribution in [2.24, 2.45) is 5.92 Å². The predicted molar refractivity (Wildman–Crippen MR) is 80.3 cm³/mol. The van der Waals surface area contributed by atoms with Gasteiger partial charge in [0.2, 0.25) is 0 Å². The molecule has 1 aromatic rings. The molecule has 0 unspecified atom stereocenters. The molecule has 0 aliphatic carbocycles. The third-order valence-electron chi connectivity index (χ3n) is 3.27. The summed E-state index contributed by atoms with van der Waals surface area (Å²) in [6.07, 6.45) is -1.01. The SMILES string of the molecule is CC(C)C.C[C@@]1(C(=O)O)Cc2ccccc2CN1C(=O)O. The number of hydrogen-bond acceptors (Lipinski definition) is 2. The van der Waals surface area contributed by atoms with Crippen LogP contribution < -0.4 is 0 Å². The van der Waals surface area contributed by atoms with Crippen molar-refractivity contribution in [3.05, 3.63) is 35.4 Å². The average Bonchev–Trinajstić information content (AvgIpc) is 2.36. The third kappa shape index (κ3) is 3.97. The van der Waals surface area contributed by atoms with Gasteiger partial charge in [-0.2, -0.15) is 0 Å². The molecule has 2 N–H and O–H groups in total. The lowest BCUT2D eigenvalue weighted by atomic mass is 9.84. The van der Waals surface area contributed by atoms with Gasteiger partial charge in [0.05, 0.1) is 6.54 Å². The minimum absolute atomic E-state index is 0.119. The fraction of sp³-hybridized carbons (Fsp3) is 0.500. The molecule has 0 saturated heterocycles. The molecule has 1 heterocycles. The highest BCUT2D eigenvalue weighted by atomic mass is 16.4. The summed E-state index contributed by atoms with van der Waals surface area (Å²) in [4.78, 5) is 23.4. The Kier molecular flexibility index (Phi) is 5.35. The largest absolute Gasteiger partial charge is 0.479 e. The van der Waals surface area contributed by atoms with Crippen molar-refractivity contribution in [2.45, 2.75) is 46.2 Å². The summed E-state index contributed by atoms with van der Waals surface area (Å²) in [5.41, 5.74) is 0.378. The predicted octanol–water partition coefficient (Wildman–Crippen LogP) is 3.23. The first-order chi connectivity index (χ1) is 9.68. The lowest BCUT2D eigenvalue weighted by Crippen LogP contribution is -2.57. The van der Waals surface area contributed by atoms with E-state index in [1.54, 1.807) is 0 Å². The molecule has 1 atom stereocenters. The number of carbonyl (C=O) groups is 2. The third-order valence-corrected chi connectivity index (χ3v) is 3.27. The number of fused-ring (bicyclic) bond motifs is 1. The number of carboxylic acid groups (broad SMARTS) is 2. The zero-order valence-electron chi connectivity index (χ0n) is 13.0. The summed E-state index contributed by atoms with van der Waals surface area (Å²) in [6, 6.07) is 7.32. The van der Waals surface area contributed by atoms with Crippen molar-refractivity contribution in [3.63, 3.8) is 0 Å². The van der Waals surface area contributed by atoms with Crippen molar-refractivity contribution in [3.8, 4) is 0 Å². The molecule has 116 valence electrons. The molecule has 5 nitrogen and oxygen atoms in total. The summed E-state index contributed by atoms with van der Waals surface area (Å²) in [5, 5.41) is 18.3. The van der Waals surface area contributed by atoms with Crippen LogP contribution in [0.25, 0.3) is 0 Å². The van der Waals surface area contributed by atoms with E-state index in [0.29, 0.717) is 0 Å². The quantitative estimate of drug-likeness (QED) is 0.833. The second-order valence-corrected chi connectivity index (χ2v) is 6.13. The van der Waals surface area contributed by atoms with Crippen LogP contribution in [0.5, 0.6) is 0 Å². The molecule has 0 saturated carbocycles. The summed E-state index contributed by atoms with van der Waals surface area (Å²) in [6.45, 7) is 8.06. The Morgan fingerprint density at radius 1 is 1.14 bits per heavy atom. The maximum atomic E-state index is 11.3. The van der Waals surface area contributed by atoms with Crippen LogP contribution in [-0.2, 0) is 17.8 Å². The van der Waals surface area contributed by atoms with Gasteiger partial charge < -0.3 is 10.2 Å². The Morgan fingerprint density at radius 2 is 1.62 bits per heavy atom. The van der Waals surface area contributed by atoms with Gasteiger partial charge in [0.1, 0.15) is 5.54 Å². The van der Waals surface area contributed by atoms with Crippen LogP contribution in [0.2, 0.25) is 0 Å². The molecule has 0 aromatic heterocycles. The molecule has 21 heavy (non-hydrogen) atoms. The summed E-state index contributed by atoms with van der Waals surface area (Å²) in [7, 11) is 0. The molecule has 5 heteroatoms. The summed E-state index contributed by atoms with van der Waals surface area (Å²) >= 11 is 0. The normalized spacial score (nSPS) is 20.3. The van der Waals surface area contributed by atoms with Gasteiger partial charge in [-0.15, -0.1) is 0 Å². The summed E-state index contributed by atoms with van der Waals surface area (Å²) < 4.78 is 0. The van der Waals surface area contributed by atoms with Crippen molar-refractivity contribution in [2.75, 3.05) is 0 Å². The van der Waals surface area contributed by atoms with E-state index in [-0.39, 0.29) is 13.0 Å². The molecule has 1 amide bonds. The van der Waals surface area contributed by atoms with Crippen molar-refractivity contribution < 1.29 is 19.8 Å². The minimum atomic E-state index is -1.39. The van der Waals surface area contributed by atoms with Gasteiger partial charge in [-0.1, -0.05) is 45.0 Å². The Hall–Kier alpha value is -2.04. The van der Waals surface area contributed by atoms with Crippen LogP contribution in [0.4, 0.5) is 4.79 Å². The number of benzene rings is 1. The molecule has 0 spiro atoms. The van der Waals surface area contributed by atoms with Crippen LogP contribution in [0.3, 0.4) is 0 Å². The maximum absolute atomic E-state index is 11.3. The van der Waals surface area contributed by atoms with E-state index >= 15 is 0 Å². The molecular weight excluding hydrogens is 270 g/mol. The van der Waals surface area contributed by atoms with Gasteiger partial charge in [0.25, 0.3) is 0 Å². The molecule has 0 radical (unpaired) electrons. The summed E-state index contributed by atoms with van der Waals surface area (Å²) in [5.74, 6) is -0.283. The zero-order chi connectivity index (χ0) is 16.2. The van der Waals surface area contributed by atoms with E-state index in [1.807, 2.05) is 24.3 Å². The smallest absolute Gasteiger partial charge is 0.408 e. The van der Waals surface area contributed by atoms with Gasteiger partial charge in [-0.05, 0) is 24.0 Å². The van der Waals surface area contributed by atoms with E-state index in [1.165, 1.54) is 6.92 Å². The molecule has 1 aliphatic rings. The van der Waals surface area contributed by atoms with E-state index in [2.05, 4.69) is 20.8 Å². The van der Waals surface area contributed by atoms with Crippen LogP contribution in [0.1, 0.15) is 38.8 Å². The minimum Gasteiger partial charge on any atom is -0.479 e. The first-order valence-corrected chi connectivity index (χ1v) is 6.99. The van der Waals surface area contributed by atoms with Crippen molar-refractivity contribution in [1.29, 1.82) is 0 Å². The van der Waals surface area contributed by atoms with E-state index in [4.69, 9.17) is 5.11 Å². The second-order valence-electron chi connectivity index (χ2n) is 6.13.